The maximum absolute atomic E-state index is 13.6. The molecule has 0 bridgehead atoms. The van der Waals surface area contributed by atoms with Crippen LogP contribution in [-0.2, 0) is 10.2 Å². The number of ether oxygens (including phenoxy) is 1. The number of aromatic nitrogens is 2. The molecule has 0 radical (unpaired) electrons. The first-order chi connectivity index (χ1) is 18.4. The number of piperidine rings is 2. The highest BCUT2D eigenvalue weighted by Gasteiger charge is 2.34. The number of thiocarbonyl (C=S) groups is 1. The predicted octanol–water partition coefficient (Wildman–Crippen LogP) is 5.12. The fourth-order valence-corrected chi connectivity index (χ4v) is 6.13. The van der Waals surface area contributed by atoms with E-state index < -0.39 is 0 Å². The lowest BCUT2D eigenvalue weighted by Gasteiger charge is -2.38. The van der Waals surface area contributed by atoms with Gasteiger partial charge in [-0.3, -0.25) is 0 Å². The van der Waals surface area contributed by atoms with Gasteiger partial charge in [-0.1, -0.05) is 26.0 Å². The summed E-state index contributed by atoms with van der Waals surface area (Å²) >= 11 is 5.74. The van der Waals surface area contributed by atoms with Crippen molar-refractivity contribution in [1.29, 1.82) is 0 Å². The first-order valence-corrected chi connectivity index (χ1v) is 14.6. The fourth-order valence-electron chi connectivity index (χ4n) is 5.97. The molecule has 38 heavy (non-hydrogen) atoms. The molecule has 4 heterocycles. The van der Waals surface area contributed by atoms with Crippen LogP contribution < -0.4 is 20.4 Å². The number of anilines is 3. The zero-order chi connectivity index (χ0) is 26.5. The minimum absolute atomic E-state index is 0.167. The van der Waals surface area contributed by atoms with E-state index in [-0.39, 0.29) is 11.2 Å². The zero-order valence-electron chi connectivity index (χ0n) is 22.7. The highest BCUT2D eigenvalue weighted by atomic mass is 32.1. The lowest BCUT2D eigenvalue weighted by molar-refractivity contribution is 0.0515. The molecule has 3 aliphatic rings. The molecule has 0 amide bonds. The number of nitrogens with one attached hydrogen (secondary N) is 2. The third-order valence-corrected chi connectivity index (χ3v) is 8.75. The number of nitrogens with zero attached hydrogens (tertiary/aromatic N) is 4. The molecular formula is C29H41FN6OS. The van der Waals surface area contributed by atoms with Gasteiger partial charge in [0.25, 0.3) is 0 Å². The molecule has 5 rings (SSSR count). The Hall–Kier alpha value is -2.52. The van der Waals surface area contributed by atoms with Crippen LogP contribution in [-0.4, -0.2) is 61.0 Å². The minimum Gasteiger partial charge on any atom is -0.381 e. The molecule has 3 aliphatic heterocycles. The van der Waals surface area contributed by atoms with Crippen LogP contribution in [0.5, 0.6) is 0 Å². The normalized spacial score (nSPS) is 22.2. The number of benzene rings is 1. The maximum Gasteiger partial charge on any atom is 0.232 e. The van der Waals surface area contributed by atoms with E-state index in [0.29, 0.717) is 36.7 Å². The topological polar surface area (TPSA) is 65.5 Å². The van der Waals surface area contributed by atoms with E-state index in [9.17, 15) is 4.39 Å². The maximum atomic E-state index is 13.6. The largest absolute Gasteiger partial charge is 0.381 e. The van der Waals surface area contributed by atoms with Gasteiger partial charge >= 0.3 is 0 Å². The highest BCUT2D eigenvalue weighted by Crippen LogP contribution is 2.34. The van der Waals surface area contributed by atoms with Gasteiger partial charge in [-0.2, -0.15) is 9.97 Å². The second-order valence-electron chi connectivity index (χ2n) is 11.5. The van der Waals surface area contributed by atoms with Crippen molar-refractivity contribution in [3.8, 4) is 0 Å². The van der Waals surface area contributed by atoms with Crippen LogP contribution >= 0.6 is 12.2 Å². The summed E-state index contributed by atoms with van der Waals surface area (Å²) in [7, 11) is 0. The third-order valence-electron chi connectivity index (χ3n) is 8.51. The Kier molecular flexibility index (Phi) is 8.63. The Morgan fingerprint density at radius 2 is 1.68 bits per heavy atom. The van der Waals surface area contributed by atoms with Crippen LogP contribution in [0.15, 0.2) is 30.3 Å². The van der Waals surface area contributed by atoms with Crippen LogP contribution in [0.4, 0.5) is 22.0 Å². The second-order valence-corrected chi connectivity index (χ2v) is 11.9. The van der Waals surface area contributed by atoms with E-state index in [4.69, 9.17) is 26.9 Å². The molecule has 9 heteroatoms. The van der Waals surface area contributed by atoms with Gasteiger partial charge in [-0.25, -0.2) is 4.39 Å². The molecule has 3 saturated heterocycles. The SMILES string of the molecule is CC1CCN(c2cc(N3CCC[C@@H](C)C3)nc(NC(=S)NCC3(c4ccc(F)cc4)CCOCC3)n2)CC1. The van der Waals surface area contributed by atoms with Crippen LogP contribution in [0, 0.1) is 17.7 Å². The summed E-state index contributed by atoms with van der Waals surface area (Å²) in [5.41, 5.74) is 0.941. The van der Waals surface area contributed by atoms with Gasteiger partial charge in [0.05, 0.1) is 0 Å². The van der Waals surface area contributed by atoms with E-state index in [1.165, 1.54) is 37.8 Å². The first kappa shape index (κ1) is 27.1. The third kappa shape index (κ3) is 6.54. The van der Waals surface area contributed by atoms with Gasteiger partial charge < -0.3 is 25.2 Å². The molecule has 1 aromatic carbocycles. The van der Waals surface area contributed by atoms with Crippen molar-refractivity contribution in [2.45, 2.75) is 57.8 Å². The molecule has 1 aromatic heterocycles. The Balaban J connectivity index is 1.32. The summed E-state index contributed by atoms with van der Waals surface area (Å²) in [4.78, 5) is 14.6. The van der Waals surface area contributed by atoms with Gasteiger partial charge in [0.15, 0.2) is 5.11 Å². The van der Waals surface area contributed by atoms with Crippen molar-refractivity contribution < 1.29 is 9.13 Å². The van der Waals surface area contributed by atoms with Gasteiger partial charge in [-0.15, -0.1) is 0 Å². The molecule has 1 atom stereocenters. The van der Waals surface area contributed by atoms with E-state index in [1.807, 2.05) is 12.1 Å². The van der Waals surface area contributed by atoms with Crippen molar-refractivity contribution in [3.05, 3.63) is 41.7 Å². The van der Waals surface area contributed by atoms with Gasteiger partial charge in [0.2, 0.25) is 5.95 Å². The smallest absolute Gasteiger partial charge is 0.232 e. The van der Waals surface area contributed by atoms with Gasteiger partial charge in [0.1, 0.15) is 17.5 Å². The summed E-state index contributed by atoms with van der Waals surface area (Å²) in [6.07, 6.45) is 6.50. The Morgan fingerprint density at radius 1 is 1.00 bits per heavy atom. The molecule has 0 saturated carbocycles. The second kappa shape index (κ2) is 12.1. The van der Waals surface area contributed by atoms with Crippen LogP contribution in [0.1, 0.15) is 57.9 Å². The van der Waals surface area contributed by atoms with Crippen molar-refractivity contribution in [3.63, 3.8) is 0 Å². The summed E-state index contributed by atoms with van der Waals surface area (Å²) in [6, 6.07) is 8.99. The van der Waals surface area contributed by atoms with Gasteiger partial charge in [0, 0.05) is 57.4 Å². The average molecular weight is 541 g/mol. The zero-order valence-corrected chi connectivity index (χ0v) is 23.5. The predicted molar refractivity (Wildman–Crippen MR) is 156 cm³/mol. The fraction of sp³-hybridized carbons (Fsp3) is 0.621. The molecule has 2 N–H and O–H groups in total. The van der Waals surface area contributed by atoms with E-state index in [2.05, 4.69) is 40.3 Å². The Labute approximate surface area is 231 Å². The molecule has 0 spiro atoms. The van der Waals surface area contributed by atoms with Crippen LogP contribution in [0.25, 0.3) is 0 Å². The number of hydrogen-bond donors (Lipinski definition) is 2. The monoisotopic (exact) mass is 540 g/mol. The molecule has 3 fully saturated rings. The Bertz CT molecular complexity index is 1080. The van der Waals surface area contributed by atoms with Crippen molar-refractivity contribution in [2.24, 2.45) is 11.8 Å². The average Bonchev–Trinajstić information content (AvgIpc) is 2.93. The lowest BCUT2D eigenvalue weighted by Crippen LogP contribution is -2.45. The summed E-state index contributed by atoms with van der Waals surface area (Å²) in [5, 5.41) is 7.22. The van der Waals surface area contributed by atoms with Crippen molar-refractivity contribution >= 4 is 34.9 Å². The quantitative estimate of drug-likeness (QED) is 0.490. The Morgan fingerprint density at radius 3 is 2.37 bits per heavy atom. The number of rotatable bonds is 6. The van der Waals surface area contributed by atoms with Gasteiger partial charge in [-0.05, 0) is 80.3 Å². The molecule has 0 unspecified atom stereocenters. The first-order valence-electron chi connectivity index (χ1n) is 14.2. The molecule has 7 nitrogen and oxygen atoms in total. The molecule has 2 aromatic rings. The standard InChI is InChI=1S/C29H41FN6OS/c1-21-9-14-35(15-10-21)25-18-26(36-13-3-4-22(2)19-36)33-27(32-25)34-28(38)31-20-29(11-16-37-17-12-29)23-5-7-24(30)8-6-23/h5-8,18,21-22H,3-4,9-17,19-20H2,1-2H3,(H2,31,32,33,34,38)/t22-/m1/s1. The summed E-state index contributed by atoms with van der Waals surface area (Å²) in [5.74, 6) is 3.66. The summed E-state index contributed by atoms with van der Waals surface area (Å²) in [6.45, 7) is 10.7. The number of hydrogen-bond acceptors (Lipinski definition) is 6. The summed E-state index contributed by atoms with van der Waals surface area (Å²) < 4.78 is 19.3. The van der Waals surface area contributed by atoms with Crippen molar-refractivity contribution in [1.82, 2.24) is 15.3 Å². The molecule has 206 valence electrons. The van der Waals surface area contributed by atoms with Crippen molar-refractivity contribution in [2.75, 3.05) is 61.1 Å². The highest BCUT2D eigenvalue weighted by molar-refractivity contribution is 7.80. The van der Waals surface area contributed by atoms with Crippen LogP contribution in [0.3, 0.4) is 0 Å². The molecule has 0 aliphatic carbocycles. The minimum atomic E-state index is -0.222. The van der Waals surface area contributed by atoms with E-state index >= 15 is 0 Å². The molecular weight excluding hydrogens is 499 g/mol. The van der Waals surface area contributed by atoms with E-state index in [1.54, 1.807) is 0 Å². The van der Waals surface area contributed by atoms with Crippen LogP contribution in [0.2, 0.25) is 0 Å². The van der Waals surface area contributed by atoms with E-state index in [0.717, 1.165) is 62.1 Å². The lowest BCUT2D eigenvalue weighted by atomic mass is 9.74. The number of halogens is 1.